The summed E-state index contributed by atoms with van der Waals surface area (Å²) in [6, 6.07) is -0.415. The van der Waals surface area contributed by atoms with Gasteiger partial charge in [0.2, 0.25) is 0 Å². The summed E-state index contributed by atoms with van der Waals surface area (Å²) in [7, 11) is 0. The fourth-order valence-electron chi connectivity index (χ4n) is 3.24. The highest BCUT2D eigenvalue weighted by Crippen LogP contribution is 2.23. The Balaban J connectivity index is 5.10. The molecular formula is C19H41N2O3. The minimum Gasteiger partial charge on any atom is -0.394 e. The molecule has 0 saturated heterocycles. The van der Waals surface area contributed by atoms with Crippen molar-refractivity contribution in [3.63, 3.8) is 0 Å². The second-order valence-electron chi connectivity index (χ2n) is 6.96. The molecule has 0 aromatic heterocycles. The van der Waals surface area contributed by atoms with Crippen LogP contribution in [0.1, 0.15) is 79.1 Å². The van der Waals surface area contributed by atoms with Crippen molar-refractivity contribution in [2.75, 3.05) is 13.2 Å². The lowest BCUT2D eigenvalue weighted by molar-refractivity contribution is -0.0690. The average Bonchev–Trinajstić information content (AvgIpc) is 2.56. The highest BCUT2D eigenvalue weighted by molar-refractivity contribution is 4.99. The molecule has 5 heteroatoms. The molecule has 3 unspecified atom stereocenters. The van der Waals surface area contributed by atoms with Gasteiger partial charge in [-0.05, 0) is 45.6 Å². The van der Waals surface area contributed by atoms with Gasteiger partial charge in [0.1, 0.15) is 0 Å². The number of hydrogen-bond donors (Lipinski definition) is 5. The minimum absolute atomic E-state index is 0.0106. The zero-order chi connectivity index (χ0) is 18.4. The monoisotopic (exact) mass is 345 g/mol. The molecule has 0 heterocycles. The van der Waals surface area contributed by atoms with Gasteiger partial charge < -0.3 is 26.0 Å². The molecular weight excluding hydrogens is 304 g/mol. The van der Waals surface area contributed by atoms with Crippen LogP contribution in [0.25, 0.3) is 0 Å². The topological polar surface area (TPSA) is 84.8 Å². The van der Waals surface area contributed by atoms with Gasteiger partial charge in [0.25, 0.3) is 0 Å². The van der Waals surface area contributed by atoms with E-state index in [-0.39, 0.29) is 12.6 Å². The number of aliphatic hydroxyl groups excluding tert-OH is 2. The Morgan fingerprint density at radius 2 is 1.79 bits per heavy atom. The van der Waals surface area contributed by atoms with Crippen molar-refractivity contribution in [1.29, 1.82) is 0 Å². The molecule has 0 saturated carbocycles. The van der Waals surface area contributed by atoms with E-state index in [2.05, 4.69) is 37.8 Å². The third-order valence-electron chi connectivity index (χ3n) is 4.80. The fraction of sp³-hybridized carbons (Fsp3) is 0.947. The Bertz CT molecular complexity index is 290. The van der Waals surface area contributed by atoms with E-state index in [1.165, 1.54) is 0 Å². The summed E-state index contributed by atoms with van der Waals surface area (Å²) in [5.41, 5.74) is -0.417. The normalized spacial score (nSPS) is 17.0. The summed E-state index contributed by atoms with van der Waals surface area (Å²) >= 11 is 0. The van der Waals surface area contributed by atoms with E-state index >= 15 is 0 Å². The van der Waals surface area contributed by atoms with Gasteiger partial charge in [-0.15, -0.1) is 0 Å². The van der Waals surface area contributed by atoms with Gasteiger partial charge in [-0.1, -0.05) is 46.5 Å². The number of nitrogens with one attached hydrogen (secondary N) is 2. The van der Waals surface area contributed by atoms with Gasteiger partial charge in [-0.2, -0.15) is 0 Å². The first kappa shape index (κ1) is 23.8. The summed E-state index contributed by atoms with van der Waals surface area (Å²) in [4.78, 5) is 0. The van der Waals surface area contributed by atoms with E-state index in [1.54, 1.807) is 6.92 Å². The highest BCUT2D eigenvalue weighted by atomic mass is 16.5. The van der Waals surface area contributed by atoms with Crippen LogP contribution in [0.2, 0.25) is 0 Å². The molecule has 0 aliphatic carbocycles. The van der Waals surface area contributed by atoms with Crippen LogP contribution in [0.3, 0.4) is 0 Å². The minimum atomic E-state index is -1.40. The molecule has 0 aliphatic heterocycles. The SMILES string of the molecule is C[CH]CCCNC(CO)(CCC)C(CCCCC)NC(C)C(O)O. The van der Waals surface area contributed by atoms with Gasteiger partial charge in [-0.25, -0.2) is 0 Å². The molecule has 1 radical (unpaired) electrons. The van der Waals surface area contributed by atoms with Gasteiger partial charge in [-0.3, -0.25) is 0 Å². The smallest absolute Gasteiger partial charge is 0.166 e. The van der Waals surface area contributed by atoms with Crippen LogP contribution in [0.5, 0.6) is 0 Å². The fourth-order valence-corrected chi connectivity index (χ4v) is 3.24. The Kier molecular flexibility index (Phi) is 13.9. The molecule has 0 rings (SSSR count). The summed E-state index contributed by atoms with van der Waals surface area (Å²) in [6.45, 7) is 9.04. The Labute approximate surface area is 149 Å². The predicted molar refractivity (Wildman–Crippen MR) is 101 cm³/mol. The Morgan fingerprint density at radius 1 is 1.08 bits per heavy atom. The van der Waals surface area contributed by atoms with Gasteiger partial charge in [0, 0.05) is 6.04 Å². The maximum atomic E-state index is 10.2. The maximum Gasteiger partial charge on any atom is 0.166 e. The second-order valence-corrected chi connectivity index (χ2v) is 6.96. The van der Waals surface area contributed by atoms with E-state index in [0.29, 0.717) is 0 Å². The van der Waals surface area contributed by atoms with Crippen molar-refractivity contribution in [2.45, 2.75) is 103 Å². The summed E-state index contributed by atoms with van der Waals surface area (Å²) < 4.78 is 0. The zero-order valence-electron chi connectivity index (χ0n) is 16.2. The highest BCUT2D eigenvalue weighted by Gasteiger charge is 2.37. The van der Waals surface area contributed by atoms with Crippen molar-refractivity contribution >= 4 is 0 Å². The molecule has 3 atom stereocenters. The van der Waals surface area contributed by atoms with E-state index in [9.17, 15) is 15.3 Å². The Morgan fingerprint density at radius 3 is 2.29 bits per heavy atom. The van der Waals surface area contributed by atoms with Crippen LogP contribution in [-0.4, -0.2) is 52.4 Å². The molecule has 5 N–H and O–H groups in total. The zero-order valence-corrected chi connectivity index (χ0v) is 16.2. The molecule has 0 aromatic carbocycles. The quantitative estimate of drug-likeness (QED) is 0.219. The van der Waals surface area contributed by atoms with E-state index < -0.39 is 17.9 Å². The Hall–Kier alpha value is -0.200. The molecule has 0 amide bonds. The standard InChI is InChI=1S/C19H41N2O3/c1-5-8-10-12-17(21-16(4)18(23)24)19(15-22,13-7-3)20-14-11-9-6-2/h6,16-18,20-24H,5,7-15H2,1-4H3. The third kappa shape index (κ3) is 8.77. The predicted octanol–water partition coefficient (Wildman–Crippen LogP) is 2.35. The lowest BCUT2D eigenvalue weighted by Crippen LogP contribution is -2.64. The van der Waals surface area contributed by atoms with Crippen LogP contribution < -0.4 is 10.6 Å². The van der Waals surface area contributed by atoms with Crippen LogP contribution in [0.15, 0.2) is 0 Å². The molecule has 5 nitrogen and oxygen atoms in total. The molecule has 0 aliphatic rings. The van der Waals surface area contributed by atoms with Gasteiger partial charge in [0.05, 0.1) is 18.2 Å². The van der Waals surface area contributed by atoms with E-state index in [4.69, 9.17) is 0 Å². The average molecular weight is 346 g/mol. The van der Waals surface area contributed by atoms with Crippen LogP contribution in [0, 0.1) is 6.42 Å². The van der Waals surface area contributed by atoms with Gasteiger partial charge >= 0.3 is 0 Å². The molecule has 0 spiro atoms. The van der Waals surface area contributed by atoms with E-state index in [0.717, 1.165) is 57.9 Å². The van der Waals surface area contributed by atoms with Crippen molar-refractivity contribution in [1.82, 2.24) is 10.6 Å². The van der Waals surface area contributed by atoms with Gasteiger partial charge in [0.15, 0.2) is 6.29 Å². The van der Waals surface area contributed by atoms with Crippen molar-refractivity contribution < 1.29 is 15.3 Å². The molecule has 24 heavy (non-hydrogen) atoms. The maximum absolute atomic E-state index is 10.2. The van der Waals surface area contributed by atoms with Crippen molar-refractivity contribution in [3.8, 4) is 0 Å². The lowest BCUT2D eigenvalue weighted by Gasteiger charge is -2.43. The number of unbranched alkanes of at least 4 members (excludes halogenated alkanes) is 4. The molecule has 0 bridgehead atoms. The van der Waals surface area contributed by atoms with Crippen LogP contribution in [-0.2, 0) is 0 Å². The number of aliphatic hydroxyl groups is 3. The molecule has 0 fully saturated rings. The van der Waals surface area contributed by atoms with Crippen molar-refractivity contribution in [3.05, 3.63) is 6.42 Å². The number of hydrogen-bond acceptors (Lipinski definition) is 5. The van der Waals surface area contributed by atoms with E-state index in [1.807, 2.05) is 0 Å². The summed E-state index contributed by atoms with van der Waals surface area (Å²) in [5.74, 6) is 0. The second kappa shape index (κ2) is 14.0. The lowest BCUT2D eigenvalue weighted by atomic mass is 9.82. The number of rotatable bonds is 16. The summed E-state index contributed by atoms with van der Waals surface area (Å²) in [6.07, 6.45) is 8.96. The first-order chi connectivity index (χ1) is 11.5. The third-order valence-corrected chi connectivity index (χ3v) is 4.80. The van der Waals surface area contributed by atoms with Crippen LogP contribution >= 0.6 is 0 Å². The first-order valence-electron chi connectivity index (χ1n) is 9.73. The first-order valence-corrected chi connectivity index (χ1v) is 9.73. The molecule has 145 valence electrons. The van der Waals surface area contributed by atoms with Crippen LogP contribution in [0.4, 0.5) is 0 Å². The molecule has 0 aromatic rings. The largest absolute Gasteiger partial charge is 0.394 e. The summed E-state index contributed by atoms with van der Waals surface area (Å²) in [5, 5.41) is 36.1. The van der Waals surface area contributed by atoms with Crippen molar-refractivity contribution in [2.24, 2.45) is 0 Å².